The summed E-state index contributed by atoms with van der Waals surface area (Å²) >= 11 is 1.75. The predicted octanol–water partition coefficient (Wildman–Crippen LogP) is 5.79. The number of likely N-dealkylation sites (tertiary alicyclic amines) is 1. The molecule has 0 unspecified atom stereocenters. The van der Waals surface area contributed by atoms with Gasteiger partial charge in [-0.25, -0.2) is 0 Å². The van der Waals surface area contributed by atoms with Gasteiger partial charge in [-0.1, -0.05) is 37.9 Å². The Morgan fingerprint density at radius 1 is 1.15 bits per heavy atom. The number of carbonyl (C=O) groups excluding carboxylic acids is 1. The Hall–Kier alpha value is -2.64. The van der Waals surface area contributed by atoms with Gasteiger partial charge in [-0.15, -0.1) is 11.3 Å². The van der Waals surface area contributed by atoms with Crippen LogP contribution < -0.4 is 10.1 Å². The summed E-state index contributed by atoms with van der Waals surface area (Å²) in [6.07, 6.45) is 4.99. The number of amides is 1. The molecule has 0 radical (unpaired) electrons. The topological polar surface area (TPSA) is 67.6 Å². The Morgan fingerprint density at radius 3 is 2.58 bits per heavy atom. The zero-order valence-corrected chi connectivity index (χ0v) is 20.3. The van der Waals surface area contributed by atoms with E-state index in [1.165, 1.54) is 30.6 Å². The van der Waals surface area contributed by atoms with Crippen molar-refractivity contribution in [3.63, 3.8) is 0 Å². The molecule has 3 heterocycles. The number of nitrogens with one attached hydrogen (secondary N) is 1. The van der Waals surface area contributed by atoms with Gasteiger partial charge in [-0.05, 0) is 67.6 Å². The molecular formula is C26H33N3O3S. The highest BCUT2D eigenvalue weighted by molar-refractivity contribution is 7.10. The lowest BCUT2D eigenvalue weighted by Crippen LogP contribution is -2.38. The molecule has 1 N–H and O–H groups in total. The number of hydrogen-bond donors (Lipinski definition) is 1. The smallest absolute Gasteiger partial charge is 0.273 e. The average Bonchev–Trinajstić information content (AvgIpc) is 3.46. The van der Waals surface area contributed by atoms with Gasteiger partial charge in [0, 0.05) is 23.1 Å². The number of carbonyl (C=O) groups is 1. The number of hydrogen-bond acceptors (Lipinski definition) is 6. The summed E-state index contributed by atoms with van der Waals surface area (Å²) in [6.45, 7) is 7.62. The number of ether oxygens (including phenoxy) is 1. The highest BCUT2D eigenvalue weighted by Gasteiger charge is 2.24. The van der Waals surface area contributed by atoms with E-state index in [0.717, 1.165) is 24.4 Å². The third-order valence-electron chi connectivity index (χ3n) is 5.87. The van der Waals surface area contributed by atoms with Gasteiger partial charge in [0.2, 0.25) is 0 Å². The van der Waals surface area contributed by atoms with Crippen LogP contribution in [0, 0.1) is 5.92 Å². The molecule has 1 aromatic carbocycles. The van der Waals surface area contributed by atoms with Crippen LogP contribution in [0.1, 0.15) is 60.9 Å². The SMILES string of the molecule is CC(C)COc1ccc(-c2cc(C(=O)NC[C@H](c3cccs3)N3CCCCCC3)no2)cc1. The van der Waals surface area contributed by atoms with E-state index < -0.39 is 0 Å². The first kappa shape index (κ1) is 23.5. The maximum atomic E-state index is 12.8. The molecule has 0 bridgehead atoms. The summed E-state index contributed by atoms with van der Waals surface area (Å²) in [5.41, 5.74) is 1.16. The molecule has 7 heteroatoms. The molecule has 1 aliphatic heterocycles. The fourth-order valence-corrected chi connectivity index (χ4v) is 4.93. The van der Waals surface area contributed by atoms with E-state index >= 15 is 0 Å². The zero-order chi connectivity index (χ0) is 23.0. The molecule has 176 valence electrons. The number of benzene rings is 1. The zero-order valence-electron chi connectivity index (χ0n) is 19.5. The van der Waals surface area contributed by atoms with Crippen molar-refractivity contribution in [1.29, 1.82) is 0 Å². The van der Waals surface area contributed by atoms with Gasteiger partial charge < -0.3 is 14.6 Å². The summed E-state index contributed by atoms with van der Waals surface area (Å²) in [7, 11) is 0. The first-order valence-electron chi connectivity index (χ1n) is 11.9. The molecule has 0 saturated carbocycles. The summed E-state index contributed by atoms with van der Waals surface area (Å²) in [5, 5.41) is 9.21. The Labute approximate surface area is 199 Å². The molecule has 0 spiro atoms. The third kappa shape index (κ3) is 6.45. The van der Waals surface area contributed by atoms with E-state index in [0.29, 0.717) is 30.5 Å². The molecule has 1 aliphatic rings. The quantitative estimate of drug-likeness (QED) is 0.432. The molecule has 3 aromatic rings. The van der Waals surface area contributed by atoms with Crippen molar-refractivity contribution in [2.45, 2.75) is 45.6 Å². The van der Waals surface area contributed by atoms with Crippen molar-refractivity contribution in [3.8, 4) is 17.1 Å². The highest BCUT2D eigenvalue weighted by Crippen LogP contribution is 2.28. The molecule has 1 atom stereocenters. The summed E-state index contributed by atoms with van der Waals surface area (Å²) in [4.78, 5) is 16.6. The third-order valence-corrected chi connectivity index (χ3v) is 6.85. The van der Waals surface area contributed by atoms with Crippen LogP contribution >= 0.6 is 11.3 Å². The molecule has 6 nitrogen and oxygen atoms in total. The first-order chi connectivity index (χ1) is 16.1. The minimum atomic E-state index is -0.210. The molecule has 33 heavy (non-hydrogen) atoms. The molecule has 1 fully saturated rings. The standard InChI is InChI=1S/C26H33N3O3S/c1-19(2)18-31-21-11-9-20(10-12-21)24-16-22(28-32-24)26(30)27-17-23(25-8-7-15-33-25)29-13-5-3-4-6-14-29/h7-12,15-16,19,23H,3-6,13-14,17-18H2,1-2H3,(H,27,30)/t23-/m1/s1. The fraction of sp³-hybridized carbons (Fsp3) is 0.462. The Balaban J connectivity index is 1.38. The van der Waals surface area contributed by atoms with E-state index in [2.05, 4.69) is 46.7 Å². The highest BCUT2D eigenvalue weighted by atomic mass is 32.1. The second kappa shape index (κ2) is 11.5. The first-order valence-corrected chi connectivity index (χ1v) is 12.7. The average molecular weight is 468 g/mol. The molecule has 1 amide bonds. The second-order valence-electron chi connectivity index (χ2n) is 9.00. The number of nitrogens with zero attached hydrogens (tertiary/aromatic N) is 2. The van der Waals surface area contributed by atoms with Crippen LogP contribution in [0.4, 0.5) is 0 Å². The fourth-order valence-electron chi connectivity index (χ4n) is 4.07. The van der Waals surface area contributed by atoms with Gasteiger partial charge in [0.25, 0.3) is 5.91 Å². The molecule has 0 aliphatic carbocycles. The van der Waals surface area contributed by atoms with Crippen molar-refractivity contribution in [2.75, 3.05) is 26.2 Å². The lowest BCUT2D eigenvalue weighted by atomic mass is 10.1. The normalized spacial score (nSPS) is 15.8. The largest absolute Gasteiger partial charge is 0.493 e. The van der Waals surface area contributed by atoms with Crippen LogP contribution in [0.15, 0.2) is 52.4 Å². The lowest BCUT2D eigenvalue weighted by molar-refractivity contribution is 0.0925. The number of rotatable bonds is 9. The van der Waals surface area contributed by atoms with Crippen molar-refractivity contribution in [2.24, 2.45) is 5.92 Å². The van der Waals surface area contributed by atoms with Gasteiger partial charge in [0.1, 0.15) is 5.75 Å². The predicted molar refractivity (Wildman–Crippen MR) is 132 cm³/mol. The van der Waals surface area contributed by atoms with E-state index in [1.807, 2.05) is 24.3 Å². The summed E-state index contributed by atoms with van der Waals surface area (Å²) in [5.74, 6) is 1.65. The second-order valence-corrected chi connectivity index (χ2v) is 9.98. The maximum absolute atomic E-state index is 12.8. The van der Waals surface area contributed by atoms with E-state index in [4.69, 9.17) is 9.26 Å². The van der Waals surface area contributed by atoms with Gasteiger partial charge in [0.15, 0.2) is 11.5 Å². The van der Waals surface area contributed by atoms with Gasteiger partial charge in [-0.3, -0.25) is 9.69 Å². The van der Waals surface area contributed by atoms with E-state index in [9.17, 15) is 4.79 Å². The minimum absolute atomic E-state index is 0.191. The van der Waals surface area contributed by atoms with Gasteiger partial charge in [0.05, 0.1) is 12.6 Å². The molecule has 4 rings (SSSR count). The minimum Gasteiger partial charge on any atom is -0.493 e. The van der Waals surface area contributed by atoms with Gasteiger partial charge in [-0.2, -0.15) is 0 Å². The lowest BCUT2D eigenvalue weighted by Gasteiger charge is -2.30. The monoisotopic (exact) mass is 467 g/mol. The number of aromatic nitrogens is 1. The van der Waals surface area contributed by atoms with Gasteiger partial charge >= 0.3 is 0 Å². The van der Waals surface area contributed by atoms with Crippen LogP contribution in [0.2, 0.25) is 0 Å². The Bertz CT molecular complexity index is 990. The van der Waals surface area contributed by atoms with Crippen molar-refractivity contribution < 1.29 is 14.1 Å². The van der Waals surface area contributed by atoms with Crippen LogP contribution in [0.5, 0.6) is 5.75 Å². The van der Waals surface area contributed by atoms with Crippen molar-refractivity contribution >= 4 is 17.2 Å². The van der Waals surface area contributed by atoms with E-state index in [-0.39, 0.29) is 11.9 Å². The van der Waals surface area contributed by atoms with E-state index in [1.54, 1.807) is 17.4 Å². The van der Waals surface area contributed by atoms with Crippen LogP contribution in [-0.2, 0) is 0 Å². The molecule has 1 saturated heterocycles. The Morgan fingerprint density at radius 2 is 1.91 bits per heavy atom. The molecule has 2 aromatic heterocycles. The maximum Gasteiger partial charge on any atom is 0.273 e. The van der Waals surface area contributed by atoms with Crippen LogP contribution in [-0.4, -0.2) is 42.2 Å². The van der Waals surface area contributed by atoms with Crippen LogP contribution in [0.25, 0.3) is 11.3 Å². The van der Waals surface area contributed by atoms with Crippen molar-refractivity contribution in [1.82, 2.24) is 15.4 Å². The number of thiophene rings is 1. The van der Waals surface area contributed by atoms with Crippen LogP contribution in [0.3, 0.4) is 0 Å². The van der Waals surface area contributed by atoms with Crippen molar-refractivity contribution in [3.05, 3.63) is 58.4 Å². The summed E-state index contributed by atoms with van der Waals surface area (Å²) in [6, 6.07) is 13.8. The molecular weight excluding hydrogens is 434 g/mol. The Kier molecular flexibility index (Phi) is 8.18. The summed E-state index contributed by atoms with van der Waals surface area (Å²) < 4.78 is 11.2.